The van der Waals surface area contributed by atoms with Crippen molar-refractivity contribution in [2.75, 3.05) is 49.6 Å². The van der Waals surface area contributed by atoms with Gasteiger partial charge >= 0.3 is 0 Å². The van der Waals surface area contributed by atoms with Crippen molar-refractivity contribution in [2.24, 2.45) is 11.8 Å². The molecule has 0 amide bonds. The number of pyridine rings is 1. The topological polar surface area (TPSA) is 40.6 Å². The van der Waals surface area contributed by atoms with Crippen molar-refractivity contribution < 1.29 is 4.74 Å². The first kappa shape index (κ1) is 19.4. The Morgan fingerprint density at radius 2 is 1.86 bits per heavy atom. The van der Waals surface area contributed by atoms with E-state index in [0.717, 1.165) is 61.5 Å². The van der Waals surface area contributed by atoms with Crippen LogP contribution in [0.3, 0.4) is 0 Å². The van der Waals surface area contributed by atoms with Gasteiger partial charge in [0.25, 0.3) is 0 Å². The van der Waals surface area contributed by atoms with Crippen LogP contribution >= 0.6 is 12.2 Å². The average Bonchev–Trinajstić information content (AvgIpc) is 2.68. The summed E-state index contributed by atoms with van der Waals surface area (Å²) in [6, 6.07) is 8.53. The molecule has 3 heterocycles. The van der Waals surface area contributed by atoms with Gasteiger partial charge < -0.3 is 19.9 Å². The Labute approximate surface area is 173 Å². The SMILES string of the molecule is Cc1cc(N2CCOCC2)nc2ccc(NC(=S)N3C[C@@H](C)C[C@H](C)C3)cc12. The summed E-state index contributed by atoms with van der Waals surface area (Å²) in [6.45, 7) is 12.2. The largest absolute Gasteiger partial charge is 0.378 e. The molecule has 2 aromatic rings. The minimum Gasteiger partial charge on any atom is -0.378 e. The normalized spacial score (nSPS) is 23.1. The van der Waals surface area contributed by atoms with Crippen molar-refractivity contribution in [3.05, 3.63) is 29.8 Å². The number of aryl methyl sites for hydroxylation is 1. The number of nitrogens with zero attached hydrogens (tertiary/aromatic N) is 3. The number of fused-ring (bicyclic) bond motifs is 1. The van der Waals surface area contributed by atoms with Crippen LogP contribution in [0, 0.1) is 18.8 Å². The van der Waals surface area contributed by atoms with E-state index in [1.807, 2.05) is 0 Å². The van der Waals surface area contributed by atoms with Crippen LogP contribution in [0.4, 0.5) is 11.5 Å². The Morgan fingerprint density at radius 1 is 1.14 bits per heavy atom. The average molecular weight is 399 g/mol. The molecule has 4 rings (SSSR count). The fourth-order valence-corrected chi connectivity index (χ4v) is 4.71. The molecular weight excluding hydrogens is 368 g/mol. The molecule has 0 spiro atoms. The zero-order valence-corrected chi connectivity index (χ0v) is 17.9. The summed E-state index contributed by atoms with van der Waals surface area (Å²) in [5.74, 6) is 2.41. The monoisotopic (exact) mass is 398 g/mol. The van der Waals surface area contributed by atoms with Gasteiger partial charge in [-0.1, -0.05) is 13.8 Å². The zero-order valence-electron chi connectivity index (χ0n) is 17.1. The number of benzene rings is 1. The smallest absolute Gasteiger partial charge is 0.173 e. The van der Waals surface area contributed by atoms with E-state index in [1.54, 1.807) is 0 Å². The Kier molecular flexibility index (Phi) is 5.69. The lowest BCUT2D eigenvalue weighted by atomic mass is 9.92. The summed E-state index contributed by atoms with van der Waals surface area (Å²) in [7, 11) is 0. The van der Waals surface area contributed by atoms with Gasteiger partial charge in [-0.25, -0.2) is 4.98 Å². The second-order valence-corrected chi connectivity index (χ2v) is 8.80. The molecule has 2 saturated heterocycles. The summed E-state index contributed by atoms with van der Waals surface area (Å²) in [4.78, 5) is 9.50. The molecule has 0 saturated carbocycles. The molecular formula is C22H30N4OS. The predicted molar refractivity (Wildman–Crippen MR) is 120 cm³/mol. The van der Waals surface area contributed by atoms with Gasteiger partial charge in [0.1, 0.15) is 5.82 Å². The number of likely N-dealkylation sites (tertiary alicyclic amines) is 1. The highest BCUT2D eigenvalue weighted by Crippen LogP contribution is 2.27. The number of hydrogen-bond donors (Lipinski definition) is 1. The highest BCUT2D eigenvalue weighted by Gasteiger charge is 2.23. The number of hydrogen-bond acceptors (Lipinski definition) is 4. The number of nitrogens with one attached hydrogen (secondary N) is 1. The number of anilines is 2. The van der Waals surface area contributed by atoms with Gasteiger partial charge in [-0.15, -0.1) is 0 Å². The van der Waals surface area contributed by atoms with Crippen molar-refractivity contribution >= 4 is 39.7 Å². The van der Waals surface area contributed by atoms with Crippen molar-refractivity contribution in [1.29, 1.82) is 0 Å². The van der Waals surface area contributed by atoms with Crippen molar-refractivity contribution in [2.45, 2.75) is 27.2 Å². The molecule has 6 heteroatoms. The maximum Gasteiger partial charge on any atom is 0.173 e. The van der Waals surface area contributed by atoms with Gasteiger partial charge in [-0.2, -0.15) is 0 Å². The standard InChI is InChI=1S/C22H30N4OS/c1-15-10-16(2)14-26(13-15)22(28)23-18-4-5-20-19(12-18)17(3)11-21(24-20)25-6-8-27-9-7-25/h4-5,11-12,15-16H,6-10,13-14H2,1-3H3,(H,23,28)/t15-,16-/m0/s1. The molecule has 2 atom stereocenters. The molecule has 0 aliphatic carbocycles. The van der Waals surface area contributed by atoms with Crippen LogP contribution in [0.25, 0.3) is 10.9 Å². The van der Waals surface area contributed by atoms with E-state index in [-0.39, 0.29) is 0 Å². The van der Waals surface area contributed by atoms with Crippen LogP contribution in [0.5, 0.6) is 0 Å². The lowest BCUT2D eigenvalue weighted by Gasteiger charge is -2.36. The van der Waals surface area contributed by atoms with E-state index in [4.69, 9.17) is 21.9 Å². The number of ether oxygens (including phenoxy) is 1. The quantitative estimate of drug-likeness (QED) is 0.770. The Balaban J connectivity index is 1.52. The summed E-state index contributed by atoms with van der Waals surface area (Å²) in [5.41, 5.74) is 3.30. The third-order valence-corrected chi connectivity index (χ3v) is 6.10. The fourth-order valence-electron chi connectivity index (χ4n) is 4.44. The summed E-state index contributed by atoms with van der Waals surface area (Å²) >= 11 is 5.70. The maximum atomic E-state index is 5.70. The maximum absolute atomic E-state index is 5.70. The molecule has 1 aromatic heterocycles. The first-order chi connectivity index (χ1) is 13.5. The first-order valence-electron chi connectivity index (χ1n) is 10.3. The molecule has 5 nitrogen and oxygen atoms in total. The number of thiocarbonyl (C=S) groups is 1. The lowest BCUT2D eigenvalue weighted by Crippen LogP contribution is -2.44. The number of piperidine rings is 1. The van der Waals surface area contributed by atoms with E-state index < -0.39 is 0 Å². The van der Waals surface area contributed by atoms with E-state index in [9.17, 15) is 0 Å². The summed E-state index contributed by atoms with van der Waals surface area (Å²) in [5, 5.41) is 5.45. The third kappa shape index (κ3) is 4.23. The van der Waals surface area contributed by atoms with E-state index >= 15 is 0 Å². The van der Waals surface area contributed by atoms with Gasteiger partial charge in [0.15, 0.2) is 5.11 Å². The van der Waals surface area contributed by atoms with E-state index in [2.05, 4.69) is 60.2 Å². The van der Waals surface area contributed by atoms with Gasteiger partial charge in [0.05, 0.1) is 18.7 Å². The second-order valence-electron chi connectivity index (χ2n) is 8.41. The van der Waals surface area contributed by atoms with Crippen molar-refractivity contribution in [3.8, 4) is 0 Å². The lowest BCUT2D eigenvalue weighted by molar-refractivity contribution is 0.122. The molecule has 2 aliphatic heterocycles. The van der Waals surface area contributed by atoms with E-state index in [0.29, 0.717) is 11.8 Å². The fraction of sp³-hybridized carbons (Fsp3) is 0.545. The number of rotatable bonds is 2. The van der Waals surface area contributed by atoms with Crippen LogP contribution in [0.15, 0.2) is 24.3 Å². The molecule has 150 valence electrons. The van der Waals surface area contributed by atoms with Gasteiger partial charge in [0, 0.05) is 37.3 Å². The zero-order chi connectivity index (χ0) is 19.7. The Morgan fingerprint density at radius 3 is 2.57 bits per heavy atom. The van der Waals surface area contributed by atoms with Gasteiger partial charge in [-0.05, 0) is 67.2 Å². The molecule has 2 fully saturated rings. The predicted octanol–water partition coefficient (Wildman–Crippen LogP) is 4.05. The van der Waals surface area contributed by atoms with Crippen LogP contribution in [0.1, 0.15) is 25.8 Å². The minimum atomic E-state index is 0.685. The summed E-state index contributed by atoms with van der Waals surface area (Å²) < 4.78 is 5.46. The van der Waals surface area contributed by atoms with E-state index in [1.165, 1.54) is 17.4 Å². The Hall–Kier alpha value is -1.92. The first-order valence-corrected chi connectivity index (χ1v) is 10.7. The third-order valence-electron chi connectivity index (χ3n) is 5.74. The van der Waals surface area contributed by atoms with Crippen LogP contribution in [-0.4, -0.2) is 54.4 Å². The molecule has 28 heavy (non-hydrogen) atoms. The van der Waals surface area contributed by atoms with Crippen LogP contribution < -0.4 is 10.2 Å². The highest BCUT2D eigenvalue weighted by molar-refractivity contribution is 7.80. The second kappa shape index (κ2) is 8.21. The minimum absolute atomic E-state index is 0.685. The van der Waals surface area contributed by atoms with Crippen LogP contribution in [-0.2, 0) is 4.74 Å². The molecule has 2 aliphatic rings. The molecule has 0 bridgehead atoms. The van der Waals surface area contributed by atoms with Crippen molar-refractivity contribution in [1.82, 2.24) is 9.88 Å². The van der Waals surface area contributed by atoms with Crippen LogP contribution in [0.2, 0.25) is 0 Å². The Bertz CT molecular complexity index is 855. The molecule has 1 aromatic carbocycles. The summed E-state index contributed by atoms with van der Waals surface area (Å²) in [6.07, 6.45) is 1.28. The molecule has 0 radical (unpaired) electrons. The number of morpholine rings is 1. The number of aromatic nitrogens is 1. The molecule has 0 unspecified atom stereocenters. The van der Waals surface area contributed by atoms with Crippen molar-refractivity contribution in [3.63, 3.8) is 0 Å². The highest BCUT2D eigenvalue weighted by atomic mass is 32.1. The molecule has 1 N–H and O–H groups in total. The van der Waals surface area contributed by atoms with Gasteiger partial charge in [-0.3, -0.25) is 0 Å². The van der Waals surface area contributed by atoms with Gasteiger partial charge in [0.2, 0.25) is 0 Å².